The van der Waals surface area contributed by atoms with Gasteiger partial charge in [-0.15, -0.1) is 5.54 Å². The first-order valence-electron chi connectivity index (χ1n) is 9.86. The first-order valence-corrected chi connectivity index (χ1v) is 13.4. The average molecular weight is 419 g/mol. The first-order chi connectivity index (χ1) is 14.2. The largest absolute Gasteiger partial charge is 0.462 e. The van der Waals surface area contributed by atoms with E-state index in [1.165, 1.54) is 6.07 Å². The van der Waals surface area contributed by atoms with Crippen molar-refractivity contribution in [3.63, 3.8) is 0 Å². The summed E-state index contributed by atoms with van der Waals surface area (Å²) in [5.74, 6) is 8.28. The number of hydrogen-bond donors (Lipinski definition) is 0. The van der Waals surface area contributed by atoms with E-state index in [-0.39, 0.29) is 24.3 Å². The summed E-state index contributed by atoms with van der Waals surface area (Å²) >= 11 is 0. The van der Waals surface area contributed by atoms with Gasteiger partial charge >= 0.3 is 11.9 Å². The number of benzene rings is 2. The SMILES string of the molecule is CCOC(=O)c1cc(C#Cc2ccc(C#C[Si](C)(C)C)cc2)cc(C(=O)OCC)c1. The van der Waals surface area contributed by atoms with Crippen molar-refractivity contribution in [1.82, 2.24) is 0 Å². The number of esters is 2. The molecule has 0 unspecified atom stereocenters. The topological polar surface area (TPSA) is 52.6 Å². The smallest absolute Gasteiger partial charge is 0.338 e. The van der Waals surface area contributed by atoms with E-state index in [4.69, 9.17) is 9.47 Å². The molecule has 0 N–H and O–H groups in total. The van der Waals surface area contributed by atoms with Crippen LogP contribution >= 0.6 is 0 Å². The highest BCUT2D eigenvalue weighted by molar-refractivity contribution is 6.83. The summed E-state index contributed by atoms with van der Waals surface area (Å²) < 4.78 is 10.1. The number of hydrogen-bond acceptors (Lipinski definition) is 4. The van der Waals surface area contributed by atoms with Crippen LogP contribution in [0.25, 0.3) is 0 Å². The van der Waals surface area contributed by atoms with Gasteiger partial charge in [0.05, 0.1) is 24.3 Å². The van der Waals surface area contributed by atoms with E-state index in [2.05, 4.69) is 42.9 Å². The minimum absolute atomic E-state index is 0.246. The molecule has 0 aliphatic heterocycles. The Kier molecular flexibility index (Phi) is 8.04. The van der Waals surface area contributed by atoms with Gasteiger partial charge in [-0.25, -0.2) is 9.59 Å². The summed E-state index contributed by atoms with van der Waals surface area (Å²) in [5, 5.41) is 0. The molecule has 0 spiro atoms. The van der Waals surface area contributed by atoms with Crippen LogP contribution < -0.4 is 0 Å². The van der Waals surface area contributed by atoms with Gasteiger partial charge in [-0.2, -0.15) is 0 Å². The summed E-state index contributed by atoms with van der Waals surface area (Å²) in [5.41, 5.74) is 6.17. The van der Waals surface area contributed by atoms with Crippen molar-refractivity contribution in [3.8, 4) is 23.3 Å². The van der Waals surface area contributed by atoms with Crippen molar-refractivity contribution in [1.29, 1.82) is 0 Å². The quantitative estimate of drug-likeness (QED) is 0.411. The van der Waals surface area contributed by atoms with E-state index in [1.807, 2.05) is 24.3 Å². The standard InChI is InChI=1S/C25H26O4Si/c1-6-28-24(26)22-16-21(17-23(18-22)25(27)29-7-2)13-12-19-8-10-20(11-9-19)14-15-30(3,4)5/h8-11,16-18H,6-7H2,1-5H3. The Hall–Kier alpha value is -3.28. The zero-order chi connectivity index (χ0) is 22.1. The molecule has 0 fully saturated rings. The molecule has 154 valence electrons. The molecule has 0 heterocycles. The predicted octanol–water partition coefficient (Wildman–Crippen LogP) is 4.67. The maximum Gasteiger partial charge on any atom is 0.338 e. The molecule has 0 atom stereocenters. The van der Waals surface area contributed by atoms with E-state index in [1.54, 1.807) is 26.0 Å². The Bertz CT molecular complexity index is 1000. The van der Waals surface area contributed by atoms with Gasteiger partial charge in [0.1, 0.15) is 8.07 Å². The second kappa shape index (κ2) is 10.5. The third-order valence-electron chi connectivity index (χ3n) is 3.77. The van der Waals surface area contributed by atoms with Crippen molar-refractivity contribution < 1.29 is 19.1 Å². The fourth-order valence-electron chi connectivity index (χ4n) is 2.41. The van der Waals surface area contributed by atoms with E-state index < -0.39 is 20.0 Å². The molecule has 5 heteroatoms. The Morgan fingerprint density at radius 3 is 1.60 bits per heavy atom. The lowest BCUT2D eigenvalue weighted by atomic mass is 10.0. The van der Waals surface area contributed by atoms with Gasteiger partial charge in [-0.05, 0) is 56.3 Å². The fourth-order valence-corrected chi connectivity index (χ4v) is 2.92. The highest BCUT2D eigenvalue weighted by atomic mass is 28.3. The molecule has 2 aromatic carbocycles. The van der Waals surface area contributed by atoms with Crippen LogP contribution in [-0.2, 0) is 9.47 Å². The van der Waals surface area contributed by atoms with Crippen molar-refractivity contribution in [2.45, 2.75) is 33.5 Å². The highest BCUT2D eigenvalue weighted by Crippen LogP contribution is 2.13. The van der Waals surface area contributed by atoms with Gasteiger partial charge in [0, 0.05) is 16.7 Å². The van der Waals surface area contributed by atoms with Crippen molar-refractivity contribution in [3.05, 3.63) is 70.3 Å². The van der Waals surface area contributed by atoms with E-state index in [0.717, 1.165) is 11.1 Å². The Labute approximate surface area is 179 Å². The molecule has 0 radical (unpaired) electrons. The van der Waals surface area contributed by atoms with Crippen molar-refractivity contribution in [2.75, 3.05) is 13.2 Å². The lowest BCUT2D eigenvalue weighted by Crippen LogP contribution is -2.16. The molecule has 0 aromatic heterocycles. The summed E-state index contributed by atoms with van der Waals surface area (Å²) in [6.45, 7) is 10.6. The summed E-state index contributed by atoms with van der Waals surface area (Å²) in [7, 11) is -1.42. The van der Waals surface area contributed by atoms with E-state index in [0.29, 0.717) is 5.56 Å². The summed E-state index contributed by atoms with van der Waals surface area (Å²) in [6.07, 6.45) is 0. The molecule has 2 rings (SSSR count). The number of carbonyl (C=O) groups is 2. The van der Waals surface area contributed by atoms with Crippen LogP contribution in [0.3, 0.4) is 0 Å². The van der Waals surface area contributed by atoms with Gasteiger partial charge < -0.3 is 9.47 Å². The van der Waals surface area contributed by atoms with Crippen LogP contribution in [0.1, 0.15) is 51.3 Å². The minimum atomic E-state index is -1.42. The van der Waals surface area contributed by atoms with Gasteiger partial charge in [-0.1, -0.05) is 37.4 Å². The van der Waals surface area contributed by atoms with Crippen LogP contribution in [-0.4, -0.2) is 33.2 Å². The van der Waals surface area contributed by atoms with Crippen LogP contribution in [0.2, 0.25) is 19.6 Å². The lowest BCUT2D eigenvalue weighted by molar-refractivity contribution is 0.0525. The maximum atomic E-state index is 12.1. The zero-order valence-electron chi connectivity index (χ0n) is 18.1. The molecular formula is C25H26O4Si. The Morgan fingerprint density at radius 2 is 1.17 bits per heavy atom. The fraction of sp³-hybridized carbons (Fsp3) is 0.280. The zero-order valence-corrected chi connectivity index (χ0v) is 19.1. The predicted molar refractivity (Wildman–Crippen MR) is 121 cm³/mol. The lowest BCUT2D eigenvalue weighted by Gasteiger charge is -2.06. The normalized spacial score (nSPS) is 10.2. The second-order valence-electron chi connectivity index (χ2n) is 7.57. The van der Waals surface area contributed by atoms with Gasteiger partial charge in [0.25, 0.3) is 0 Å². The molecule has 30 heavy (non-hydrogen) atoms. The van der Waals surface area contributed by atoms with Crippen LogP contribution in [0.5, 0.6) is 0 Å². The molecule has 0 aliphatic rings. The number of carbonyl (C=O) groups excluding carboxylic acids is 2. The average Bonchev–Trinajstić information content (AvgIpc) is 2.71. The first kappa shape index (κ1) is 23.0. The highest BCUT2D eigenvalue weighted by Gasteiger charge is 2.14. The number of rotatable bonds is 4. The molecular weight excluding hydrogens is 392 g/mol. The third kappa shape index (κ3) is 7.27. The minimum Gasteiger partial charge on any atom is -0.462 e. The van der Waals surface area contributed by atoms with Crippen LogP contribution in [0.4, 0.5) is 0 Å². The van der Waals surface area contributed by atoms with Gasteiger partial charge in [0.2, 0.25) is 0 Å². The molecule has 0 saturated carbocycles. The molecule has 0 aliphatic carbocycles. The maximum absolute atomic E-state index is 12.1. The van der Waals surface area contributed by atoms with Gasteiger partial charge in [-0.3, -0.25) is 0 Å². The third-order valence-corrected chi connectivity index (χ3v) is 4.65. The van der Waals surface area contributed by atoms with E-state index in [9.17, 15) is 9.59 Å². The second-order valence-corrected chi connectivity index (χ2v) is 12.3. The monoisotopic (exact) mass is 418 g/mol. The molecule has 0 bridgehead atoms. The molecule has 0 amide bonds. The summed E-state index contributed by atoms with van der Waals surface area (Å²) in [6, 6.07) is 12.4. The molecule has 0 saturated heterocycles. The van der Waals surface area contributed by atoms with Crippen LogP contribution in [0, 0.1) is 23.3 Å². The van der Waals surface area contributed by atoms with Crippen LogP contribution in [0.15, 0.2) is 42.5 Å². The summed E-state index contributed by atoms with van der Waals surface area (Å²) in [4.78, 5) is 24.3. The molecule has 2 aromatic rings. The van der Waals surface area contributed by atoms with Crippen molar-refractivity contribution in [2.24, 2.45) is 0 Å². The Balaban J connectivity index is 2.33. The Morgan fingerprint density at radius 1 is 0.733 bits per heavy atom. The van der Waals surface area contributed by atoms with Gasteiger partial charge in [0.15, 0.2) is 0 Å². The van der Waals surface area contributed by atoms with Crippen molar-refractivity contribution >= 4 is 20.0 Å². The number of ether oxygens (including phenoxy) is 2. The molecule has 4 nitrogen and oxygen atoms in total. The van der Waals surface area contributed by atoms with E-state index >= 15 is 0 Å².